The van der Waals surface area contributed by atoms with E-state index in [0.29, 0.717) is 33.9 Å². The molecule has 3 rings (SSSR count). The summed E-state index contributed by atoms with van der Waals surface area (Å²) in [6.45, 7) is 1.70. The van der Waals surface area contributed by atoms with E-state index in [1.165, 1.54) is 29.1 Å². The lowest BCUT2D eigenvalue weighted by Gasteiger charge is -2.19. The van der Waals surface area contributed by atoms with Crippen molar-refractivity contribution in [3.05, 3.63) is 47.5 Å². The van der Waals surface area contributed by atoms with Crippen molar-refractivity contribution in [2.75, 3.05) is 31.0 Å². The molecule has 2 aromatic heterocycles. The van der Waals surface area contributed by atoms with Gasteiger partial charge in [0, 0.05) is 44.2 Å². The van der Waals surface area contributed by atoms with E-state index >= 15 is 0 Å². The number of aryl methyl sites for hydroxylation is 1. The predicted octanol–water partition coefficient (Wildman–Crippen LogP) is 3.69. The number of nitriles is 1. The second-order valence-corrected chi connectivity index (χ2v) is 8.29. The van der Waals surface area contributed by atoms with E-state index in [0.717, 1.165) is 0 Å². The SMILES string of the molecule is C[C@@H](Oc1cc(-c2c(N(C)C)nn(C)c2C#N)cnc1N)c1cc(F)ccc1N=[S-](C)=O. The molecule has 0 fully saturated rings. The molecule has 0 radical (unpaired) electrons. The highest BCUT2D eigenvalue weighted by Gasteiger charge is 2.22. The van der Waals surface area contributed by atoms with Gasteiger partial charge in [0.2, 0.25) is 0 Å². The van der Waals surface area contributed by atoms with Crippen LogP contribution in [0.4, 0.5) is 21.7 Å². The third kappa shape index (κ3) is 4.65. The molecule has 0 spiro atoms. The molecule has 1 aromatic carbocycles. The number of anilines is 2. The molecule has 9 nitrogen and oxygen atoms in total. The van der Waals surface area contributed by atoms with Gasteiger partial charge in [0.25, 0.3) is 0 Å². The average molecular weight is 457 g/mol. The number of halogens is 1. The van der Waals surface area contributed by atoms with Crippen LogP contribution in [0.3, 0.4) is 0 Å². The lowest BCUT2D eigenvalue weighted by atomic mass is 10.1. The number of benzene rings is 1. The van der Waals surface area contributed by atoms with Crippen molar-refractivity contribution < 1.29 is 13.3 Å². The summed E-state index contributed by atoms with van der Waals surface area (Å²) in [5, 5.41) is 14.0. The van der Waals surface area contributed by atoms with Gasteiger partial charge in [-0.05, 0) is 31.2 Å². The summed E-state index contributed by atoms with van der Waals surface area (Å²) in [6, 6.07) is 7.80. The fraction of sp³-hybridized carbons (Fsp3) is 0.286. The largest absolute Gasteiger partial charge is 0.482 e. The Hall–Kier alpha value is -3.65. The lowest BCUT2D eigenvalue weighted by Crippen LogP contribution is -2.11. The molecular formula is C21H23FN7O2S-. The summed E-state index contributed by atoms with van der Waals surface area (Å²) in [5.41, 5.74) is 8.35. The molecule has 3 aromatic rings. The Morgan fingerprint density at radius 2 is 2.09 bits per heavy atom. The summed E-state index contributed by atoms with van der Waals surface area (Å²) in [5.74, 6) is 0.496. The molecule has 0 saturated carbocycles. The first kappa shape index (κ1) is 23.0. The Kier molecular flexibility index (Phi) is 6.64. The van der Waals surface area contributed by atoms with Crippen LogP contribution < -0.4 is 15.4 Å². The Morgan fingerprint density at radius 1 is 1.38 bits per heavy atom. The first-order valence-electron chi connectivity index (χ1n) is 9.54. The number of nitrogen functional groups attached to an aromatic ring is 1. The van der Waals surface area contributed by atoms with Crippen LogP contribution in [0.15, 0.2) is 34.8 Å². The van der Waals surface area contributed by atoms with Gasteiger partial charge in [-0.25, -0.2) is 9.37 Å². The molecule has 2 N–H and O–H groups in total. The molecule has 2 heterocycles. The molecule has 0 unspecified atom stereocenters. The van der Waals surface area contributed by atoms with Gasteiger partial charge in [-0.1, -0.05) is 0 Å². The zero-order valence-electron chi connectivity index (χ0n) is 18.3. The van der Waals surface area contributed by atoms with E-state index in [9.17, 15) is 13.9 Å². The monoisotopic (exact) mass is 456 g/mol. The van der Waals surface area contributed by atoms with E-state index in [4.69, 9.17) is 10.5 Å². The summed E-state index contributed by atoms with van der Waals surface area (Å²) in [6.07, 6.45) is 2.29. The normalized spacial score (nSPS) is 12.9. The minimum Gasteiger partial charge on any atom is -0.482 e. The van der Waals surface area contributed by atoms with E-state index in [1.807, 2.05) is 14.1 Å². The molecule has 0 aliphatic carbocycles. The van der Waals surface area contributed by atoms with Crippen molar-refractivity contribution in [3.8, 4) is 22.9 Å². The number of hydrogen-bond acceptors (Lipinski definition) is 9. The second kappa shape index (κ2) is 9.23. The number of ether oxygens (including phenoxy) is 1. The van der Waals surface area contributed by atoms with E-state index < -0.39 is 22.5 Å². The average Bonchev–Trinajstić information content (AvgIpc) is 3.07. The molecule has 0 aliphatic rings. The first-order chi connectivity index (χ1) is 15.1. The van der Waals surface area contributed by atoms with Crippen LogP contribution in [-0.2, 0) is 21.9 Å². The summed E-state index contributed by atoms with van der Waals surface area (Å²) in [7, 11) is 3.86. The van der Waals surface area contributed by atoms with E-state index in [-0.39, 0.29) is 11.6 Å². The molecule has 168 valence electrons. The van der Waals surface area contributed by atoms with Gasteiger partial charge in [-0.3, -0.25) is 4.68 Å². The van der Waals surface area contributed by atoms with Crippen LogP contribution in [0.2, 0.25) is 0 Å². The lowest BCUT2D eigenvalue weighted by molar-refractivity contribution is 0.228. The maximum absolute atomic E-state index is 13.9. The Balaban J connectivity index is 2.06. The van der Waals surface area contributed by atoms with Crippen molar-refractivity contribution in [1.82, 2.24) is 14.8 Å². The third-order valence-corrected chi connectivity index (χ3v) is 5.14. The summed E-state index contributed by atoms with van der Waals surface area (Å²) in [4.78, 5) is 6.01. The maximum Gasteiger partial charge on any atom is 0.166 e. The van der Waals surface area contributed by atoms with Gasteiger partial charge in [-0.15, -0.1) is 6.26 Å². The van der Waals surface area contributed by atoms with Crippen molar-refractivity contribution in [1.29, 1.82) is 5.26 Å². The zero-order chi connectivity index (χ0) is 23.6. The van der Waals surface area contributed by atoms with Gasteiger partial charge in [0.05, 0.1) is 5.56 Å². The highest BCUT2D eigenvalue weighted by molar-refractivity contribution is 7.74. The second-order valence-electron chi connectivity index (χ2n) is 7.26. The highest BCUT2D eigenvalue weighted by atomic mass is 32.2. The van der Waals surface area contributed by atoms with Gasteiger partial charge >= 0.3 is 0 Å². The number of hydrogen-bond donors (Lipinski definition) is 1. The molecule has 1 atom stereocenters. The van der Waals surface area contributed by atoms with E-state index in [2.05, 4.69) is 20.5 Å². The van der Waals surface area contributed by atoms with Gasteiger partial charge in [0.15, 0.2) is 17.4 Å². The van der Waals surface area contributed by atoms with Gasteiger partial charge < -0.3 is 23.9 Å². The van der Waals surface area contributed by atoms with Crippen LogP contribution in [0.25, 0.3) is 11.1 Å². The minimum atomic E-state index is -1.47. The van der Waals surface area contributed by atoms with Crippen LogP contribution in [0, 0.1) is 17.1 Å². The number of rotatable bonds is 6. The van der Waals surface area contributed by atoms with Crippen molar-refractivity contribution >= 4 is 27.9 Å². The van der Waals surface area contributed by atoms with Crippen molar-refractivity contribution in [2.45, 2.75) is 13.0 Å². The number of aromatic nitrogens is 3. The fourth-order valence-corrected chi connectivity index (χ4v) is 3.67. The molecule has 32 heavy (non-hydrogen) atoms. The van der Waals surface area contributed by atoms with Crippen LogP contribution >= 0.6 is 0 Å². The quantitative estimate of drug-likeness (QED) is 0.561. The van der Waals surface area contributed by atoms with Crippen LogP contribution in [0.1, 0.15) is 24.3 Å². The maximum atomic E-state index is 13.9. The smallest absolute Gasteiger partial charge is 0.166 e. The predicted molar refractivity (Wildman–Crippen MR) is 121 cm³/mol. The molecule has 11 heteroatoms. The first-order valence-corrected chi connectivity index (χ1v) is 11.1. The Bertz CT molecular complexity index is 1290. The standard InChI is InChI=1S/C21H23FN7O2S/c1-12(15-9-14(22)6-7-16(15)27-32(5)30)31-18-8-13(11-25-20(18)24)19-17(10-23)29(4)26-21(19)28(2)3/h6-9,11-12H,1-5H3,(H2,24,25)/q-1/t12-/m1/s1. The summed E-state index contributed by atoms with van der Waals surface area (Å²) >= 11 is 0. The van der Waals surface area contributed by atoms with Crippen molar-refractivity contribution in [3.63, 3.8) is 0 Å². The summed E-state index contributed by atoms with van der Waals surface area (Å²) < 4.78 is 37.0. The highest BCUT2D eigenvalue weighted by Crippen LogP contribution is 2.37. The van der Waals surface area contributed by atoms with Gasteiger partial charge in [-0.2, -0.15) is 21.0 Å². The molecule has 0 amide bonds. The number of pyridine rings is 1. The third-order valence-electron chi connectivity index (χ3n) is 4.69. The van der Waals surface area contributed by atoms with Crippen molar-refractivity contribution in [2.24, 2.45) is 11.4 Å². The molecule has 0 bridgehead atoms. The number of nitrogens with zero attached hydrogens (tertiary/aromatic N) is 6. The Labute approximate surface area is 187 Å². The number of nitrogens with two attached hydrogens (primary N) is 1. The topological polar surface area (TPSA) is 122 Å². The molecular weight excluding hydrogens is 433 g/mol. The van der Waals surface area contributed by atoms with Crippen LogP contribution in [-0.4, -0.2) is 35.1 Å². The minimum absolute atomic E-state index is 0.128. The molecule has 0 aliphatic heterocycles. The molecule has 0 saturated heterocycles. The Morgan fingerprint density at radius 3 is 2.72 bits per heavy atom. The van der Waals surface area contributed by atoms with Crippen LogP contribution in [0.5, 0.6) is 5.75 Å². The van der Waals surface area contributed by atoms with E-state index in [1.54, 1.807) is 31.1 Å². The zero-order valence-corrected chi connectivity index (χ0v) is 19.1. The van der Waals surface area contributed by atoms with Gasteiger partial charge in [0.1, 0.15) is 23.7 Å². The fourth-order valence-electron chi connectivity index (χ4n) is 3.23.